The maximum Gasteiger partial charge on any atom is 0.414 e. The van der Waals surface area contributed by atoms with Crippen molar-refractivity contribution in [2.75, 3.05) is 38.2 Å². The molecule has 0 spiro atoms. The van der Waals surface area contributed by atoms with E-state index in [0.29, 0.717) is 81.4 Å². The van der Waals surface area contributed by atoms with Crippen LogP contribution in [0.3, 0.4) is 0 Å². The number of methoxy groups -OCH3 is 1. The smallest absolute Gasteiger partial charge is 0.414 e. The van der Waals surface area contributed by atoms with E-state index in [1.807, 2.05) is 31.2 Å². The average molecular weight is 627 g/mol. The highest BCUT2D eigenvalue weighted by Crippen LogP contribution is 2.33. The van der Waals surface area contributed by atoms with Crippen molar-refractivity contribution in [2.45, 2.75) is 81.2 Å². The number of hydroxylamine groups is 2. The molecular formula is C32H42N4O7S. The average Bonchev–Trinajstić information content (AvgIpc) is 3.88. The van der Waals surface area contributed by atoms with Crippen molar-refractivity contribution in [1.29, 1.82) is 0 Å². The minimum atomic E-state index is -3.27. The molecule has 0 aromatic heterocycles. The number of amides is 2. The van der Waals surface area contributed by atoms with Crippen molar-refractivity contribution < 1.29 is 32.3 Å². The van der Waals surface area contributed by atoms with Gasteiger partial charge in [0.05, 0.1) is 23.6 Å². The van der Waals surface area contributed by atoms with Gasteiger partial charge in [-0.3, -0.25) is 15.0 Å². The number of piperidine rings is 2. The summed E-state index contributed by atoms with van der Waals surface area (Å²) < 4.78 is 37.4. The molecule has 2 saturated heterocycles. The molecule has 238 valence electrons. The van der Waals surface area contributed by atoms with Gasteiger partial charge in [0.25, 0.3) is 5.91 Å². The number of carbonyl (C=O) groups is 2. The first-order valence-electron chi connectivity index (χ1n) is 15.7. The molecule has 0 radical (unpaired) electrons. The second kappa shape index (κ2) is 12.9. The summed E-state index contributed by atoms with van der Waals surface area (Å²) in [5, 5.41) is 4.23. The lowest BCUT2D eigenvalue weighted by molar-refractivity contribution is -0.0714. The van der Waals surface area contributed by atoms with E-state index in [0.717, 1.165) is 24.1 Å². The number of benzene rings is 2. The first kappa shape index (κ1) is 30.7. The Bertz CT molecular complexity index is 1460. The summed E-state index contributed by atoms with van der Waals surface area (Å²) in [5.74, 6) is 0.810. The number of nitrogens with one attached hydrogen (secondary N) is 1. The number of rotatable bonds is 10. The minimum absolute atomic E-state index is 0.0490. The molecule has 3 aliphatic heterocycles. The summed E-state index contributed by atoms with van der Waals surface area (Å²) in [6.45, 7) is 4.20. The number of hydrogen-bond donors (Lipinski definition) is 1. The third kappa shape index (κ3) is 6.38. The second-order valence-corrected chi connectivity index (χ2v) is 14.5. The number of sulfone groups is 1. The molecule has 1 N–H and O–H groups in total. The lowest BCUT2D eigenvalue weighted by atomic mass is 10.00. The third-order valence-electron chi connectivity index (χ3n) is 9.19. The first-order valence-corrected chi connectivity index (χ1v) is 17.3. The SMILES string of the molecule is CCC(NC1CC1)S(=O)(=O)C1CCN(Oc2ccc(C(=O)N3CCC(N4C(=O)OCc5ccccc54)CC3)c(OC)c2)CC1. The normalized spacial score (nSPS) is 21.0. The molecule has 11 nitrogen and oxygen atoms in total. The van der Waals surface area contributed by atoms with Gasteiger partial charge in [-0.2, -0.15) is 0 Å². The van der Waals surface area contributed by atoms with Crippen molar-refractivity contribution in [3.05, 3.63) is 53.6 Å². The molecule has 0 bridgehead atoms. The third-order valence-corrected chi connectivity index (χ3v) is 11.8. The first-order chi connectivity index (χ1) is 21.3. The number of carbonyl (C=O) groups excluding carboxylic acids is 2. The van der Waals surface area contributed by atoms with Gasteiger partial charge in [0.15, 0.2) is 15.6 Å². The molecule has 3 fully saturated rings. The number of fused-ring (bicyclic) bond motifs is 1. The van der Waals surface area contributed by atoms with Gasteiger partial charge in [-0.25, -0.2) is 13.2 Å². The van der Waals surface area contributed by atoms with Crippen LogP contribution >= 0.6 is 0 Å². The molecule has 44 heavy (non-hydrogen) atoms. The zero-order chi connectivity index (χ0) is 30.8. The highest BCUT2D eigenvalue weighted by Gasteiger charge is 2.39. The zero-order valence-corrected chi connectivity index (χ0v) is 26.3. The molecule has 2 aromatic rings. The molecule has 1 atom stereocenters. The summed E-state index contributed by atoms with van der Waals surface area (Å²) in [4.78, 5) is 35.8. The van der Waals surface area contributed by atoms with Crippen molar-refractivity contribution >= 4 is 27.5 Å². The number of nitrogens with zero attached hydrogens (tertiary/aromatic N) is 3. The second-order valence-electron chi connectivity index (χ2n) is 12.1. The summed E-state index contributed by atoms with van der Waals surface area (Å²) in [7, 11) is -1.74. The van der Waals surface area contributed by atoms with Crippen LogP contribution in [0.4, 0.5) is 10.5 Å². The summed E-state index contributed by atoms with van der Waals surface area (Å²) >= 11 is 0. The predicted octanol–water partition coefficient (Wildman–Crippen LogP) is 4.12. The maximum absolute atomic E-state index is 13.5. The fraction of sp³-hybridized carbons (Fsp3) is 0.562. The van der Waals surface area contributed by atoms with Crippen molar-refractivity contribution in [1.82, 2.24) is 15.3 Å². The van der Waals surface area contributed by atoms with Crippen molar-refractivity contribution in [3.63, 3.8) is 0 Å². The quantitative estimate of drug-likeness (QED) is 0.416. The van der Waals surface area contributed by atoms with Gasteiger partial charge in [0, 0.05) is 49.9 Å². The van der Waals surface area contributed by atoms with E-state index in [4.69, 9.17) is 14.3 Å². The fourth-order valence-corrected chi connectivity index (χ4v) is 8.69. The molecule has 1 unspecified atom stereocenters. The monoisotopic (exact) mass is 626 g/mol. The van der Waals surface area contributed by atoms with Crippen LogP contribution in [0.2, 0.25) is 0 Å². The van der Waals surface area contributed by atoms with Crippen LogP contribution in [-0.2, 0) is 21.2 Å². The van der Waals surface area contributed by atoms with E-state index in [2.05, 4.69) is 5.32 Å². The van der Waals surface area contributed by atoms with Crippen LogP contribution < -0.4 is 19.8 Å². The van der Waals surface area contributed by atoms with E-state index in [9.17, 15) is 18.0 Å². The van der Waals surface area contributed by atoms with Gasteiger partial charge >= 0.3 is 6.09 Å². The highest BCUT2D eigenvalue weighted by molar-refractivity contribution is 7.92. The van der Waals surface area contributed by atoms with Gasteiger partial charge in [0.1, 0.15) is 17.7 Å². The van der Waals surface area contributed by atoms with E-state index in [1.54, 1.807) is 33.1 Å². The van der Waals surface area contributed by atoms with E-state index in [1.165, 1.54) is 7.11 Å². The molecule has 6 rings (SSSR count). The molecule has 12 heteroatoms. The van der Waals surface area contributed by atoms with Crippen LogP contribution in [0, 0.1) is 0 Å². The number of cyclic esters (lactones) is 1. The fourth-order valence-electron chi connectivity index (χ4n) is 6.51. The Balaban J connectivity index is 1.04. The molecule has 2 aromatic carbocycles. The Morgan fingerprint density at radius 1 is 1.02 bits per heavy atom. The van der Waals surface area contributed by atoms with Gasteiger partial charge < -0.3 is 19.2 Å². The molecular weight excluding hydrogens is 584 g/mol. The van der Waals surface area contributed by atoms with Crippen LogP contribution in [0.1, 0.15) is 67.8 Å². The predicted molar refractivity (Wildman–Crippen MR) is 165 cm³/mol. The van der Waals surface area contributed by atoms with E-state index in [-0.39, 0.29) is 29.9 Å². The molecule has 2 amide bonds. The maximum atomic E-state index is 13.5. The lowest BCUT2D eigenvalue weighted by Gasteiger charge is -2.40. The van der Waals surface area contributed by atoms with Crippen LogP contribution in [0.25, 0.3) is 0 Å². The number of hydrogen-bond acceptors (Lipinski definition) is 9. The number of anilines is 1. The van der Waals surface area contributed by atoms with Crippen molar-refractivity contribution in [3.8, 4) is 11.5 Å². The summed E-state index contributed by atoms with van der Waals surface area (Å²) in [5.41, 5.74) is 2.31. The number of likely N-dealkylation sites (tertiary alicyclic amines) is 1. The van der Waals surface area contributed by atoms with Gasteiger partial charge in [-0.05, 0) is 63.1 Å². The highest BCUT2D eigenvalue weighted by atomic mass is 32.2. The molecule has 3 heterocycles. The lowest BCUT2D eigenvalue weighted by Crippen LogP contribution is -2.50. The standard InChI is InChI=1S/C32H42N4O7S/c1-3-30(33-23-8-9-23)44(39,40)26-14-18-35(19-15-26)43-25-10-11-27(29(20-25)41-2)31(37)34-16-12-24(13-17-34)36-28-7-5-4-6-22(28)21-42-32(36)38/h4-7,10-11,20,23-24,26,30,33H,3,8-9,12-19,21H2,1-2H3. The molecule has 4 aliphatic rings. The van der Waals surface area contributed by atoms with E-state index < -0.39 is 15.2 Å². The zero-order valence-electron chi connectivity index (χ0n) is 25.4. The largest absolute Gasteiger partial charge is 0.496 e. The summed E-state index contributed by atoms with van der Waals surface area (Å²) in [6.07, 6.45) is 4.63. The van der Waals surface area contributed by atoms with Crippen LogP contribution in [0.15, 0.2) is 42.5 Å². The van der Waals surface area contributed by atoms with Crippen LogP contribution in [-0.4, -0.2) is 86.4 Å². The van der Waals surface area contributed by atoms with E-state index >= 15 is 0 Å². The topological polar surface area (TPSA) is 118 Å². The Morgan fingerprint density at radius 3 is 2.43 bits per heavy atom. The molecule has 1 saturated carbocycles. The van der Waals surface area contributed by atoms with Gasteiger partial charge in [-0.15, -0.1) is 5.06 Å². The number of ether oxygens (including phenoxy) is 2. The van der Waals surface area contributed by atoms with Gasteiger partial charge in [0.2, 0.25) is 0 Å². The Labute approximate surface area is 259 Å². The minimum Gasteiger partial charge on any atom is -0.496 e. The van der Waals surface area contributed by atoms with Gasteiger partial charge in [-0.1, -0.05) is 25.1 Å². The van der Waals surface area contributed by atoms with Crippen molar-refractivity contribution in [2.24, 2.45) is 0 Å². The Morgan fingerprint density at radius 2 is 1.75 bits per heavy atom. The van der Waals surface area contributed by atoms with Crippen LogP contribution in [0.5, 0.6) is 11.5 Å². The molecule has 1 aliphatic carbocycles. The Kier molecular flexibility index (Phi) is 9.02. The Hall–Kier alpha value is -3.35. The summed E-state index contributed by atoms with van der Waals surface area (Å²) in [6, 6.07) is 13.2. The number of para-hydroxylation sites is 1.